The summed E-state index contributed by atoms with van der Waals surface area (Å²) in [5.41, 5.74) is 1.12. The van der Waals surface area contributed by atoms with Gasteiger partial charge >= 0.3 is 0 Å². The van der Waals surface area contributed by atoms with Crippen molar-refractivity contribution in [2.24, 2.45) is 0 Å². The summed E-state index contributed by atoms with van der Waals surface area (Å²) in [4.78, 5) is 0. The highest BCUT2D eigenvalue weighted by molar-refractivity contribution is 6.32. The molecule has 2 aromatic carbocycles. The van der Waals surface area contributed by atoms with Crippen LogP contribution >= 0.6 is 23.2 Å². The number of hydrogen-bond donors (Lipinski definition) is 0. The molecule has 0 unspecified atom stereocenters. The maximum absolute atomic E-state index is 13.7. The molecule has 1 nitrogen and oxygen atoms in total. The van der Waals surface area contributed by atoms with Crippen LogP contribution in [-0.4, -0.2) is 0 Å². The Labute approximate surface area is 120 Å². The van der Waals surface area contributed by atoms with Gasteiger partial charge in [0.1, 0.15) is 5.82 Å². The lowest BCUT2D eigenvalue weighted by molar-refractivity contribution is 0.625. The second kappa shape index (κ2) is 5.88. The number of halogens is 3. The molecule has 0 heterocycles. The van der Waals surface area contributed by atoms with E-state index in [4.69, 9.17) is 23.2 Å². The van der Waals surface area contributed by atoms with E-state index < -0.39 is 5.82 Å². The van der Waals surface area contributed by atoms with Crippen LogP contribution in [0.1, 0.15) is 11.1 Å². The molecule has 0 aliphatic rings. The first-order valence-electron chi connectivity index (χ1n) is 5.43. The van der Waals surface area contributed by atoms with E-state index in [1.807, 2.05) is 6.07 Å². The van der Waals surface area contributed by atoms with E-state index in [2.05, 4.69) is 0 Å². The first kappa shape index (κ1) is 13.6. The summed E-state index contributed by atoms with van der Waals surface area (Å²) in [5.74, 6) is -0.470. The van der Waals surface area contributed by atoms with Gasteiger partial charge in [-0.05, 0) is 35.9 Å². The van der Waals surface area contributed by atoms with E-state index >= 15 is 0 Å². The number of nitriles is 1. The van der Waals surface area contributed by atoms with Crippen molar-refractivity contribution < 1.29 is 4.39 Å². The molecule has 0 aliphatic carbocycles. The molecule has 0 aliphatic heterocycles. The quantitative estimate of drug-likeness (QED) is 0.551. The molecule has 0 amide bonds. The van der Waals surface area contributed by atoms with Gasteiger partial charge in [0.2, 0.25) is 0 Å². The van der Waals surface area contributed by atoms with Crippen molar-refractivity contribution in [3.63, 3.8) is 0 Å². The summed E-state index contributed by atoms with van der Waals surface area (Å²) in [7, 11) is 0. The predicted molar refractivity (Wildman–Crippen MR) is 76.3 cm³/mol. The van der Waals surface area contributed by atoms with Gasteiger partial charge in [0, 0.05) is 10.6 Å². The molecule has 2 rings (SSSR count). The molecule has 4 heteroatoms. The van der Waals surface area contributed by atoms with Gasteiger partial charge in [-0.1, -0.05) is 41.4 Å². The molecule has 0 aromatic heterocycles. The average Bonchev–Trinajstić information content (AvgIpc) is 2.38. The van der Waals surface area contributed by atoms with Crippen molar-refractivity contribution in [1.82, 2.24) is 0 Å². The van der Waals surface area contributed by atoms with E-state index in [0.717, 1.165) is 0 Å². The van der Waals surface area contributed by atoms with E-state index in [0.29, 0.717) is 16.2 Å². The summed E-state index contributed by atoms with van der Waals surface area (Å²) >= 11 is 11.8. The van der Waals surface area contributed by atoms with Crippen LogP contribution in [0.25, 0.3) is 11.6 Å². The fourth-order valence-electron chi connectivity index (χ4n) is 1.63. The molecule has 0 fully saturated rings. The zero-order chi connectivity index (χ0) is 13.8. The summed E-state index contributed by atoms with van der Waals surface area (Å²) in [6, 6.07) is 13.2. The number of nitrogens with zero attached hydrogens (tertiary/aromatic N) is 1. The molecule has 0 atom stereocenters. The summed E-state index contributed by atoms with van der Waals surface area (Å²) in [6.45, 7) is 0. The predicted octanol–water partition coefficient (Wildman–Crippen LogP) is 5.20. The van der Waals surface area contributed by atoms with Crippen molar-refractivity contribution in [2.45, 2.75) is 0 Å². The normalized spacial score (nSPS) is 11.2. The van der Waals surface area contributed by atoms with Crippen LogP contribution in [0.5, 0.6) is 0 Å². The maximum atomic E-state index is 13.7. The van der Waals surface area contributed by atoms with Gasteiger partial charge in [-0.2, -0.15) is 5.26 Å². The van der Waals surface area contributed by atoms with Crippen molar-refractivity contribution in [3.05, 3.63) is 69.5 Å². The molecule has 0 saturated carbocycles. The Balaban J connectivity index is 2.54. The summed E-state index contributed by atoms with van der Waals surface area (Å²) in [5, 5.41) is 9.96. The third-order valence-electron chi connectivity index (χ3n) is 2.54. The second-order valence-corrected chi connectivity index (χ2v) is 4.66. The molecule has 0 bridgehead atoms. The Morgan fingerprint density at radius 3 is 2.53 bits per heavy atom. The van der Waals surface area contributed by atoms with Crippen LogP contribution in [0.2, 0.25) is 10.0 Å². The molecule has 94 valence electrons. The molecule has 0 radical (unpaired) electrons. The fraction of sp³-hybridized carbons (Fsp3) is 0. The Hall–Kier alpha value is -1.82. The van der Waals surface area contributed by atoms with Crippen molar-refractivity contribution in [2.75, 3.05) is 0 Å². The van der Waals surface area contributed by atoms with Crippen LogP contribution in [0.3, 0.4) is 0 Å². The summed E-state index contributed by atoms with van der Waals surface area (Å²) in [6.07, 6.45) is 1.42. The average molecular weight is 292 g/mol. The maximum Gasteiger partial charge on any atom is 0.131 e. The highest BCUT2D eigenvalue weighted by Crippen LogP contribution is 2.26. The molecule has 0 N–H and O–H groups in total. The zero-order valence-corrected chi connectivity index (χ0v) is 11.2. The number of hydrogen-bond acceptors (Lipinski definition) is 1. The van der Waals surface area contributed by atoms with Gasteiger partial charge < -0.3 is 0 Å². The van der Waals surface area contributed by atoms with Gasteiger partial charge in [0.25, 0.3) is 0 Å². The van der Waals surface area contributed by atoms with Crippen LogP contribution < -0.4 is 0 Å². The Kier molecular flexibility index (Phi) is 4.21. The van der Waals surface area contributed by atoms with E-state index in [1.54, 1.807) is 30.3 Å². The third-order valence-corrected chi connectivity index (χ3v) is 3.11. The lowest BCUT2D eigenvalue weighted by Crippen LogP contribution is -1.86. The molecule has 0 spiro atoms. The molecule has 2 aromatic rings. The minimum absolute atomic E-state index is 0.195. The Bertz CT molecular complexity index is 667. The van der Waals surface area contributed by atoms with Crippen LogP contribution in [-0.2, 0) is 0 Å². The monoisotopic (exact) mass is 291 g/mol. The first-order chi connectivity index (χ1) is 9.11. The van der Waals surface area contributed by atoms with Crippen LogP contribution in [0.15, 0.2) is 42.5 Å². The fourth-order valence-corrected chi connectivity index (χ4v) is 2.04. The highest BCUT2D eigenvalue weighted by atomic mass is 35.5. The zero-order valence-electron chi connectivity index (χ0n) is 9.70. The van der Waals surface area contributed by atoms with Crippen molar-refractivity contribution in [1.29, 1.82) is 5.26 Å². The number of benzene rings is 2. The molecule has 19 heavy (non-hydrogen) atoms. The molecular formula is C15H8Cl2FN. The lowest BCUT2D eigenvalue weighted by atomic mass is 10.0. The minimum Gasteiger partial charge on any atom is -0.206 e. The standard InChI is InChI=1S/C15H8Cl2FN/c16-12-4-1-3-10(7-12)11(9-19)8-13-14(17)5-2-6-15(13)18/h1-8H/b11-8+. The van der Waals surface area contributed by atoms with E-state index in [1.165, 1.54) is 18.2 Å². The van der Waals surface area contributed by atoms with E-state index in [9.17, 15) is 9.65 Å². The van der Waals surface area contributed by atoms with Crippen LogP contribution in [0, 0.1) is 17.1 Å². The van der Waals surface area contributed by atoms with Gasteiger partial charge in [-0.25, -0.2) is 4.39 Å². The second-order valence-electron chi connectivity index (χ2n) is 3.82. The van der Waals surface area contributed by atoms with Crippen molar-refractivity contribution in [3.8, 4) is 6.07 Å². The van der Waals surface area contributed by atoms with Crippen molar-refractivity contribution >= 4 is 34.9 Å². The lowest BCUT2D eigenvalue weighted by Gasteiger charge is -2.03. The topological polar surface area (TPSA) is 23.8 Å². The number of rotatable bonds is 2. The molecule has 0 saturated heterocycles. The molecular weight excluding hydrogens is 284 g/mol. The highest BCUT2D eigenvalue weighted by Gasteiger charge is 2.07. The van der Waals surface area contributed by atoms with Gasteiger partial charge in [0.15, 0.2) is 0 Å². The van der Waals surface area contributed by atoms with Gasteiger partial charge in [0.05, 0.1) is 16.7 Å². The smallest absolute Gasteiger partial charge is 0.131 e. The van der Waals surface area contributed by atoms with Crippen LogP contribution in [0.4, 0.5) is 4.39 Å². The number of allylic oxidation sites excluding steroid dienone is 1. The first-order valence-corrected chi connectivity index (χ1v) is 6.19. The van der Waals surface area contributed by atoms with Gasteiger partial charge in [-0.15, -0.1) is 0 Å². The van der Waals surface area contributed by atoms with Gasteiger partial charge in [-0.3, -0.25) is 0 Å². The SMILES string of the molecule is N#C/C(=C\c1c(F)cccc1Cl)c1cccc(Cl)c1. The largest absolute Gasteiger partial charge is 0.206 e. The van der Waals surface area contributed by atoms with E-state index in [-0.39, 0.29) is 10.6 Å². The Morgan fingerprint density at radius 2 is 1.89 bits per heavy atom. The summed E-state index contributed by atoms with van der Waals surface area (Å²) < 4.78 is 13.7. The third kappa shape index (κ3) is 3.14. The Morgan fingerprint density at radius 1 is 1.16 bits per heavy atom. The minimum atomic E-state index is -0.470.